The summed E-state index contributed by atoms with van der Waals surface area (Å²) in [7, 11) is 0. The van der Waals surface area contributed by atoms with E-state index in [9.17, 15) is 9.59 Å². The van der Waals surface area contributed by atoms with Crippen LogP contribution < -0.4 is 16.0 Å². The Morgan fingerprint density at radius 1 is 0.964 bits per heavy atom. The van der Waals surface area contributed by atoms with Gasteiger partial charge in [0.15, 0.2) is 0 Å². The lowest BCUT2D eigenvalue weighted by atomic mass is 9.93. The number of rotatable bonds is 7. The van der Waals surface area contributed by atoms with E-state index in [4.69, 9.17) is 0 Å². The first-order valence-corrected chi connectivity index (χ1v) is 9.63. The molecule has 0 aromatic heterocycles. The second-order valence-corrected chi connectivity index (χ2v) is 7.00. The number of hydrogen-bond donors (Lipinski definition) is 3. The lowest BCUT2D eigenvalue weighted by molar-refractivity contribution is -0.126. The molecule has 6 heteroatoms. The molecule has 0 aliphatic carbocycles. The van der Waals surface area contributed by atoms with Gasteiger partial charge in [-0.3, -0.25) is 9.59 Å². The number of para-hydroxylation sites is 1. The van der Waals surface area contributed by atoms with Gasteiger partial charge in [-0.05, 0) is 56.0 Å². The molecular formula is C22H28ClN3O2. The zero-order chi connectivity index (χ0) is 18.9. The molecule has 28 heavy (non-hydrogen) atoms. The van der Waals surface area contributed by atoms with Crippen molar-refractivity contribution in [2.75, 3.05) is 18.4 Å². The summed E-state index contributed by atoms with van der Waals surface area (Å²) in [6.45, 7) is 2.05. The molecule has 2 aromatic rings. The molecule has 3 rings (SSSR count). The highest BCUT2D eigenvalue weighted by Gasteiger charge is 2.23. The van der Waals surface area contributed by atoms with Crippen molar-refractivity contribution in [2.45, 2.75) is 31.7 Å². The topological polar surface area (TPSA) is 70.2 Å². The molecule has 0 saturated carbocycles. The fourth-order valence-electron chi connectivity index (χ4n) is 3.42. The molecule has 0 bridgehead atoms. The highest BCUT2D eigenvalue weighted by molar-refractivity contribution is 5.97. The maximum absolute atomic E-state index is 12.8. The van der Waals surface area contributed by atoms with Gasteiger partial charge in [-0.25, -0.2) is 0 Å². The molecule has 2 amide bonds. The summed E-state index contributed by atoms with van der Waals surface area (Å²) in [6.07, 6.45) is 3.55. The van der Waals surface area contributed by atoms with Gasteiger partial charge in [0.1, 0.15) is 6.04 Å². The average Bonchev–Trinajstić information content (AvgIpc) is 2.72. The predicted octanol–water partition coefficient (Wildman–Crippen LogP) is 3.68. The van der Waals surface area contributed by atoms with Crippen molar-refractivity contribution in [3.8, 4) is 0 Å². The van der Waals surface area contributed by atoms with Crippen LogP contribution in [0.3, 0.4) is 0 Å². The number of carbonyl (C=O) groups is 2. The van der Waals surface area contributed by atoms with Crippen molar-refractivity contribution in [3.05, 3.63) is 66.2 Å². The van der Waals surface area contributed by atoms with Crippen LogP contribution in [0.2, 0.25) is 0 Å². The number of piperidine rings is 1. The van der Waals surface area contributed by atoms with Gasteiger partial charge in [0, 0.05) is 12.1 Å². The van der Waals surface area contributed by atoms with Crippen molar-refractivity contribution in [2.24, 2.45) is 5.92 Å². The van der Waals surface area contributed by atoms with E-state index in [0.717, 1.165) is 37.9 Å². The zero-order valence-electron chi connectivity index (χ0n) is 15.9. The molecule has 1 unspecified atom stereocenters. The Balaban J connectivity index is 0.00000280. The Morgan fingerprint density at radius 2 is 1.57 bits per heavy atom. The van der Waals surface area contributed by atoms with Crippen molar-refractivity contribution in [1.29, 1.82) is 0 Å². The number of halogens is 1. The van der Waals surface area contributed by atoms with E-state index in [1.165, 1.54) is 0 Å². The monoisotopic (exact) mass is 401 g/mol. The third-order valence-corrected chi connectivity index (χ3v) is 4.98. The maximum Gasteiger partial charge on any atom is 0.251 e. The lowest BCUT2D eigenvalue weighted by Gasteiger charge is -2.23. The van der Waals surface area contributed by atoms with Crippen molar-refractivity contribution < 1.29 is 9.59 Å². The van der Waals surface area contributed by atoms with Crippen LogP contribution in [-0.2, 0) is 9.59 Å². The molecule has 2 aromatic carbocycles. The van der Waals surface area contributed by atoms with Crippen LogP contribution in [0.15, 0.2) is 60.7 Å². The van der Waals surface area contributed by atoms with E-state index in [1.807, 2.05) is 60.7 Å². The van der Waals surface area contributed by atoms with E-state index in [0.29, 0.717) is 18.0 Å². The molecule has 1 atom stereocenters. The Kier molecular flexibility index (Phi) is 8.98. The number of nitrogens with one attached hydrogen (secondary N) is 3. The van der Waals surface area contributed by atoms with E-state index in [2.05, 4.69) is 16.0 Å². The molecule has 0 radical (unpaired) electrons. The smallest absolute Gasteiger partial charge is 0.251 e. The average molecular weight is 402 g/mol. The van der Waals surface area contributed by atoms with E-state index in [1.54, 1.807) is 0 Å². The van der Waals surface area contributed by atoms with Gasteiger partial charge in [0.2, 0.25) is 5.91 Å². The molecule has 5 nitrogen and oxygen atoms in total. The number of hydrogen-bond acceptors (Lipinski definition) is 3. The van der Waals surface area contributed by atoms with Crippen LogP contribution in [0.1, 0.15) is 37.3 Å². The molecule has 1 aliphatic rings. The second kappa shape index (κ2) is 11.5. The van der Waals surface area contributed by atoms with Gasteiger partial charge in [-0.15, -0.1) is 12.4 Å². The number of amides is 2. The minimum Gasteiger partial charge on any atom is -0.341 e. The summed E-state index contributed by atoms with van der Waals surface area (Å²) in [5, 5.41) is 9.16. The van der Waals surface area contributed by atoms with Crippen LogP contribution in [0.5, 0.6) is 0 Å². The Bertz CT molecular complexity index is 734. The molecule has 0 spiro atoms. The number of benzene rings is 2. The molecule has 1 heterocycles. The van der Waals surface area contributed by atoms with Crippen molar-refractivity contribution in [3.63, 3.8) is 0 Å². The lowest BCUT2D eigenvalue weighted by Crippen LogP contribution is -2.37. The zero-order valence-corrected chi connectivity index (χ0v) is 16.7. The van der Waals surface area contributed by atoms with Crippen LogP contribution >= 0.6 is 12.4 Å². The number of carbonyl (C=O) groups excluding carboxylic acids is 2. The molecule has 3 N–H and O–H groups in total. The minimum atomic E-state index is -0.702. The normalized spacial score (nSPS) is 15.1. The molecule has 1 aliphatic heterocycles. The quantitative estimate of drug-likeness (QED) is 0.662. The highest BCUT2D eigenvalue weighted by atomic mass is 35.5. The third-order valence-electron chi connectivity index (χ3n) is 4.98. The summed E-state index contributed by atoms with van der Waals surface area (Å²) in [4.78, 5) is 25.3. The first-order valence-electron chi connectivity index (χ1n) is 9.63. The maximum atomic E-state index is 12.8. The minimum absolute atomic E-state index is 0. The predicted molar refractivity (Wildman–Crippen MR) is 114 cm³/mol. The first-order chi connectivity index (χ1) is 13.2. The second-order valence-electron chi connectivity index (χ2n) is 7.00. The van der Waals surface area contributed by atoms with Gasteiger partial charge in [-0.1, -0.05) is 48.5 Å². The number of anilines is 1. The van der Waals surface area contributed by atoms with E-state index in [-0.39, 0.29) is 24.2 Å². The van der Waals surface area contributed by atoms with Crippen LogP contribution in [0, 0.1) is 5.92 Å². The summed E-state index contributed by atoms with van der Waals surface area (Å²) in [5.74, 6) is 0.276. The highest BCUT2D eigenvalue weighted by Crippen LogP contribution is 2.19. The van der Waals surface area contributed by atoms with Gasteiger partial charge < -0.3 is 16.0 Å². The van der Waals surface area contributed by atoms with Crippen LogP contribution in [0.25, 0.3) is 0 Å². The van der Waals surface area contributed by atoms with Crippen molar-refractivity contribution >= 4 is 29.9 Å². The van der Waals surface area contributed by atoms with Gasteiger partial charge in [0.05, 0.1) is 0 Å². The van der Waals surface area contributed by atoms with Crippen molar-refractivity contribution in [1.82, 2.24) is 10.6 Å². The van der Waals surface area contributed by atoms with E-state index < -0.39 is 6.04 Å². The van der Waals surface area contributed by atoms with Crippen LogP contribution in [-0.4, -0.2) is 24.9 Å². The third kappa shape index (κ3) is 6.66. The fourth-order valence-corrected chi connectivity index (χ4v) is 3.42. The molecule has 1 saturated heterocycles. The Morgan fingerprint density at radius 3 is 2.21 bits per heavy atom. The first kappa shape index (κ1) is 21.9. The summed E-state index contributed by atoms with van der Waals surface area (Å²) >= 11 is 0. The molecular weight excluding hydrogens is 374 g/mol. The SMILES string of the molecule is Cl.O=C(CCC1CCNCC1)NC(C(=O)Nc1ccccc1)c1ccccc1. The fraction of sp³-hybridized carbons (Fsp3) is 0.364. The molecule has 1 fully saturated rings. The standard InChI is InChI=1S/C22H27N3O2.ClH/c26-20(12-11-17-13-15-23-16-14-17)25-21(18-7-3-1-4-8-18)22(27)24-19-9-5-2-6-10-19;/h1-10,17,21,23H,11-16H2,(H,24,27)(H,25,26);1H. The Labute approximate surface area is 172 Å². The summed E-state index contributed by atoms with van der Waals surface area (Å²) in [6, 6.07) is 18.0. The summed E-state index contributed by atoms with van der Waals surface area (Å²) < 4.78 is 0. The van der Waals surface area contributed by atoms with Gasteiger partial charge >= 0.3 is 0 Å². The Hall–Kier alpha value is -2.37. The van der Waals surface area contributed by atoms with Crippen LogP contribution in [0.4, 0.5) is 5.69 Å². The molecule has 150 valence electrons. The summed E-state index contributed by atoms with van der Waals surface area (Å²) in [5.41, 5.74) is 1.49. The largest absolute Gasteiger partial charge is 0.341 e. The van der Waals surface area contributed by atoms with Gasteiger partial charge in [-0.2, -0.15) is 0 Å². The van der Waals surface area contributed by atoms with E-state index >= 15 is 0 Å². The van der Waals surface area contributed by atoms with Gasteiger partial charge in [0.25, 0.3) is 5.91 Å².